The van der Waals surface area contributed by atoms with Crippen LogP contribution in [-0.2, 0) is 4.74 Å². The molecule has 1 saturated heterocycles. The SMILES string of the molecule is O=C(NNC(=O)c1cc(-c2ccccc2)n[nH]1)c1ccc(N2CCOCC2)cc1. The van der Waals surface area contributed by atoms with Gasteiger partial charge in [0.25, 0.3) is 11.8 Å². The number of H-pyrrole nitrogens is 1. The van der Waals surface area contributed by atoms with Gasteiger partial charge >= 0.3 is 0 Å². The smallest absolute Gasteiger partial charge is 0.287 e. The number of hydrogen-bond acceptors (Lipinski definition) is 5. The van der Waals surface area contributed by atoms with Crippen LogP contribution in [0.3, 0.4) is 0 Å². The van der Waals surface area contributed by atoms with Gasteiger partial charge in [0.1, 0.15) is 5.69 Å². The number of carbonyl (C=O) groups is 2. The van der Waals surface area contributed by atoms with Crippen LogP contribution < -0.4 is 15.8 Å². The number of nitrogens with one attached hydrogen (secondary N) is 3. The summed E-state index contributed by atoms with van der Waals surface area (Å²) < 4.78 is 5.35. The molecule has 0 unspecified atom stereocenters. The van der Waals surface area contributed by atoms with E-state index in [0.29, 0.717) is 24.5 Å². The molecule has 0 spiro atoms. The number of rotatable bonds is 4. The second-order valence-electron chi connectivity index (χ2n) is 6.59. The van der Waals surface area contributed by atoms with Gasteiger partial charge in [0.15, 0.2) is 0 Å². The first-order valence-electron chi connectivity index (χ1n) is 9.35. The van der Waals surface area contributed by atoms with Crippen molar-refractivity contribution in [3.63, 3.8) is 0 Å². The van der Waals surface area contributed by atoms with Crippen molar-refractivity contribution in [2.75, 3.05) is 31.2 Å². The molecule has 1 fully saturated rings. The van der Waals surface area contributed by atoms with Crippen LogP contribution in [-0.4, -0.2) is 48.3 Å². The van der Waals surface area contributed by atoms with Gasteiger partial charge in [0.05, 0.1) is 18.9 Å². The molecule has 2 aromatic carbocycles. The van der Waals surface area contributed by atoms with Gasteiger partial charge in [-0.1, -0.05) is 30.3 Å². The average Bonchev–Trinajstić information content (AvgIpc) is 3.29. The van der Waals surface area contributed by atoms with Gasteiger partial charge in [-0.05, 0) is 30.3 Å². The Morgan fingerprint density at radius 1 is 0.931 bits per heavy atom. The molecule has 0 atom stereocenters. The maximum Gasteiger partial charge on any atom is 0.287 e. The van der Waals surface area contributed by atoms with Crippen LogP contribution in [0, 0.1) is 0 Å². The molecule has 0 aliphatic carbocycles. The predicted octanol–water partition coefficient (Wildman–Crippen LogP) is 1.99. The van der Waals surface area contributed by atoms with Crippen molar-refractivity contribution in [2.24, 2.45) is 0 Å². The fraction of sp³-hybridized carbons (Fsp3) is 0.190. The summed E-state index contributed by atoms with van der Waals surface area (Å²) in [4.78, 5) is 26.8. The minimum atomic E-state index is -0.474. The van der Waals surface area contributed by atoms with E-state index in [9.17, 15) is 9.59 Å². The van der Waals surface area contributed by atoms with E-state index in [0.717, 1.165) is 24.3 Å². The predicted molar refractivity (Wildman–Crippen MR) is 108 cm³/mol. The lowest BCUT2D eigenvalue weighted by molar-refractivity contribution is 0.0844. The molecule has 29 heavy (non-hydrogen) atoms. The van der Waals surface area contributed by atoms with Crippen molar-refractivity contribution < 1.29 is 14.3 Å². The van der Waals surface area contributed by atoms with E-state index >= 15 is 0 Å². The zero-order valence-corrected chi connectivity index (χ0v) is 15.7. The molecule has 148 valence electrons. The summed E-state index contributed by atoms with van der Waals surface area (Å²) in [7, 11) is 0. The van der Waals surface area contributed by atoms with Gasteiger partial charge < -0.3 is 9.64 Å². The van der Waals surface area contributed by atoms with Crippen LogP contribution in [0.15, 0.2) is 60.7 Å². The Kier molecular flexibility index (Phi) is 5.53. The van der Waals surface area contributed by atoms with E-state index < -0.39 is 11.8 Å². The molecule has 4 rings (SSSR count). The first-order chi connectivity index (χ1) is 14.2. The third kappa shape index (κ3) is 4.44. The maximum absolute atomic E-state index is 12.3. The molecule has 0 saturated carbocycles. The molecule has 8 nitrogen and oxygen atoms in total. The van der Waals surface area contributed by atoms with Gasteiger partial charge in [-0.25, -0.2) is 0 Å². The maximum atomic E-state index is 12.3. The number of amides is 2. The highest BCUT2D eigenvalue weighted by molar-refractivity contribution is 5.98. The van der Waals surface area contributed by atoms with E-state index in [1.54, 1.807) is 18.2 Å². The number of hydrazine groups is 1. The molecule has 1 aliphatic rings. The zero-order valence-electron chi connectivity index (χ0n) is 15.7. The first kappa shape index (κ1) is 18.7. The number of morpholine rings is 1. The van der Waals surface area contributed by atoms with Crippen molar-refractivity contribution in [3.8, 4) is 11.3 Å². The molecule has 3 N–H and O–H groups in total. The molecular weight excluding hydrogens is 370 g/mol. The van der Waals surface area contributed by atoms with Crippen LogP contribution in [0.1, 0.15) is 20.8 Å². The molecule has 3 aromatic rings. The van der Waals surface area contributed by atoms with Gasteiger partial charge in [-0.3, -0.25) is 25.5 Å². The Morgan fingerprint density at radius 2 is 1.62 bits per heavy atom. The summed E-state index contributed by atoms with van der Waals surface area (Å²) in [6.07, 6.45) is 0. The highest BCUT2D eigenvalue weighted by Gasteiger charge is 2.14. The second kappa shape index (κ2) is 8.57. The van der Waals surface area contributed by atoms with Crippen molar-refractivity contribution in [2.45, 2.75) is 0 Å². The summed E-state index contributed by atoms with van der Waals surface area (Å²) in [6.45, 7) is 3.06. The second-order valence-corrected chi connectivity index (χ2v) is 6.59. The molecule has 1 aromatic heterocycles. The van der Waals surface area contributed by atoms with E-state index in [-0.39, 0.29) is 5.69 Å². The number of ether oxygens (including phenoxy) is 1. The Hall–Kier alpha value is -3.65. The highest BCUT2D eigenvalue weighted by atomic mass is 16.5. The Balaban J connectivity index is 1.33. The van der Waals surface area contributed by atoms with Gasteiger partial charge in [0, 0.05) is 29.9 Å². The number of aromatic nitrogens is 2. The van der Waals surface area contributed by atoms with E-state index in [4.69, 9.17) is 4.74 Å². The molecule has 1 aliphatic heterocycles. The largest absolute Gasteiger partial charge is 0.378 e. The van der Waals surface area contributed by atoms with Crippen molar-refractivity contribution in [1.82, 2.24) is 21.0 Å². The number of nitrogens with zero attached hydrogens (tertiary/aromatic N) is 2. The number of anilines is 1. The highest BCUT2D eigenvalue weighted by Crippen LogP contribution is 2.17. The van der Waals surface area contributed by atoms with Crippen molar-refractivity contribution in [1.29, 1.82) is 0 Å². The Morgan fingerprint density at radius 3 is 2.34 bits per heavy atom. The summed E-state index contributed by atoms with van der Waals surface area (Å²) in [5.74, 6) is -0.868. The molecule has 2 heterocycles. The van der Waals surface area contributed by atoms with E-state index in [1.165, 1.54) is 0 Å². The van der Waals surface area contributed by atoms with Crippen LogP contribution >= 0.6 is 0 Å². The van der Waals surface area contributed by atoms with Crippen molar-refractivity contribution in [3.05, 3.63) is 71.9 Å². The number of aromatic amines is 1. The Bertz CT molecular complexity index is 979. The zero-order chi connectivity index (χ0) is 20.1. The van der Waals surface area contributed by atoms with E-state index in [1.807, 2.05) is 42.5 Å². The standard InChI is InChI=1S/C21H21N5O3/c27-20(16-6-8-17(9-7-16)26-10-12-29-13-11-26)24-25-21(28)19-14-18(22-23-19)15-4-2-1-3-5-15/h1-9,14H,10-13H2,(H,22,23)(H,24,27)(H,25,28). The average molecular weight is 391 g/mol. The van der Waals surface area contributed by atoms with Crippen LogP contribution in [0.4, 0.5) is 5.69 Å². The monoisotopic (exact) mass is 391 g/mol. The fourth-order valence-corrected chi connectivity index (χ4v) is 3.09. The quantitative estimate of drug-likeness (QED) is 0.591. The summed E-state index contributed by atoms with van der Waals surface area (Å²) in [6, 6.07) is 18.4. The van der Waals surface area contributed by atoms with Crippen LogP contribution in [0.2, 0.25) is 0 Å². The molecule has 0 radical (unpaired) electrons. The first-order valence-corrected chi connectivity index (χ1v) is 9.35. The number of benzene rings is 2. The van der Waals surface area contributed by atoms with E-state index in [2.05, 4.69) is 25.9 Å². The minimum absolute atomic E-state index is 0.256. The third-order valence-corrected chi connectivity index (χ3v) is 4.69. The molecule has 8 heteroatoms. The lowest BCUT2D eigenvalue weighted by atomic mass is 10.1. The fourth-order valence-electron chi connectivity index (χ4n) is 3.09. The van der Waals surface area contributed by atoms with Crippen LogP contribution in [0.25, 0.3) is 11.3 Å². The van der Waals surface area contributed by atoms with Gasteiger partial charge in [-0.15, -0.1) is 0 Å². The molecule has 2 amide bonds. The normalized spacial score (nSPS) is 13.7. The topological polar surface area (TPSA) is 99.3 Å². The lowest BCUT2D eigenvalue weighted by Crippen LogP contribution is -2.41. The van der Waals surface area contributed by atoms with Crippen molar-refractivity contribution >= 4 is 17.5 Å². The Labute approximate surface area is 167 Å². The van der Waals surface area contributed by atoms with Crippen LogP contribution in [0.5, 0.6) is 0 Å². The minimum Gasteiger partial charge on any atom is -0.378 e. The third-order valence-electron chi connectivity index (χ3n) is 4.69. The summed E-state index contributed by atoms with van der Waals surface area (Å²) in [5.41, 5.74) is 8.13. The number of carbonyl (C=O) groups excluding carboxylic acids is 2. The summed E-state index contributed by atoms with van der Waals surface area (Å²) in [5, 5.41) is 6.82. The number of hydrogen-bond donors (Lipinski definition) is 3. The molecule has 0 bridgehead atoms. The van der Waals surface area contributed by atoms with Gasteiger partial charge in [0.2, 0.25) is 0 Å². The molecular formula is C21H21N5O3. The lowest BCUT2D eigenvalue weighted by Gasteiger charge is -2.28. The summed E-state index contributed by atoms with van der Waals surface area (Å²) >= 11 is 0. The van der Waals surface area contributed by atoms with Gasteiger partial charge in [-0.2, -0.15) is 5.10 Å².